The molecule has 0 bridgehead atoms. The SMILES string of the molecule is Cc1ccc(NC(N)=NCc2ccc(S(=O)(=O)N3CCCCC3)cc2)cc1. The van der Waals surface area contributed by atoms with Crippen LogP contribution in [0.5, 0.6) is 0 Å². The standard InChI is InChI=1S/C20H26N4O2S/c1-16-5-9-18(10-6-16)23-20(21)22-15-17-7-11-19(12-8-17)27(25,26)24-13-3-2-4-14-24/h5-12H,2-4,13-15H2,1H3,(H3,21,22,23). The summed E-state index contributed by atoms with van der Waals surface area (Å²) in [5, 5.41) is 3.04. The van der Waals surface area contributed by atoms with Crippen molar-refractivity contribution in [1.82, 2.24) is 4.31 Å². The minimum Gasteiger partial charge on any atom is -0.370 e. The largest absolute Gasteiger partial charge is 0.370 e. The maximum Gasteiger partial charge on any atom is 0.243 e. The molecule has 1 heterocycles. The zero-order valence-corrected chi connectivity index (χ0v) is 16.4. The van der Waals surface area contributed by atoms with Crippen molar-refractivity contribution in [2.24, 2.45) is 10.7 Å². The number of guanidine groups is 1. The predicted molar refractivity (Wildman–Crippen MR) is 109 cm³/mol. The van der Waals surface area contributed by atoms with Crippen LogP contribution in [0.4, 0.5) is 5.69 Å². The number of sulfonamides is 1. The van der Waals surface area contributed by atoms with E-state index >= 15 is 0 Å². The Kier molecular flexibility index (Phi) is 6.13. The quantitative estimate of drug-likeness (QED) is 0.610. The molecule has 3 rings (SSSR count). The van der Waals surface area contributed by atoms with Gasteiger partial charge in [0.05, 0.1) is 11.4 Å². The number of benzene rings is 2. The highest BCUT2D eigenvalue weighted by Gasteiger charge is 2.25. The van der Waals surface area contributed by atoms with Gasteiger partial charge in [0.15, 0.2) is 5.96 Å². The van der Waals surface area contributed by atoms with Gasteiger partial charge in [0, 0.05) is 18.8 Å². The highest BCUT2D eigenvalue weighted by Crippen LogP contribution is 2.21. The summed E-state index contributed by atoms with van der Waals surface area (Å²) in [7, 11) is -3.39. The van der Waals surface area contributed by atoms with Crippen LogP contribution in [0.25, 0.3) is 0 Å². The Labute approximate surface area is 161 Å². The lowest BCUT2D eigenvalue weighted by atomic mass is 10.2. The van der Waals surface area contributed by atoms with Crippen LogP contribution in [0.1, 0.15) is 30.4 Å². The second kappa shape index (κ2) is 8.54. The Hall–Kier alpha value is -2.38. The smallest absolute Gasteiger partial charge is 0.243 e. The summed E-state index contributed by atoms with van der Waals surface area (Å²) >= 11 is 0. The maximum absolute atomic E-state index is 12.7. The molecule has 3 N–H and O–H groups in total. The van der Waals surface area contributed by atoms with Crippen molar-refractivity contribution in [1.29, 1.82) is 0 Å². The molecular formula is C20H26N4O2S. The number of nitrogens with one attached hydrogen (secondary N) is 1. The Morgan fingerprint density at radius 1 is 1.04 bits per heavy atom. The maximum atomic E-state index is 12.7. The van der Waals surface area contributed by atoms with E-state index in [2.05, 4.69) is 10.3 Å². The van der Waals surface area contributed by atoms with Gasteiger partial charge in [-0.3, -0.25) is 0 Å². The van der Waals surface area contributed by atoms with E-state index in [0.29, 0.717) is 30.5 Å². The summed E-state index contributed by atoms with van der Waals surface area (Å²) in [5.74, 6) is 0.323. The second-order valence-corrected chi connectivity index (χ2v) is 8.74. The summed E-state index contributed by atoms with van der Waals surface area (Å²) < 4.78 is 26.9. The molecule has 27 heavy (non-hydrogen) atoms. The Morgan fingerprint density at radius 3 is 2.30 bits per heavy atom. The summed E-state index contributed by atoms with van der Waals surface area (Å²) in [5.41, 5.74) is 8.88. The molecule has 6 nitrogen and oxygen atoms in total. The van der Waals surface area contributed by atoms with Crippen LogP contribution in [-0.2, 0) is 16.6 Å². The number of rotatable bonds is 5. The summed E-state index contributed by atoms with van der Waals surface area (Å²) in [6.45, 7) is 3.62. The molecule has 1 aliphatic heterocycles. The molecule has 2 aromatic rings. The molecule has 1 fully saturated rings. The van der Waals surface area contributed by atoms with Gasteiger partial charge in [-0.25, -0.2) is 13.4 Å². The number of nitrogens with two attached hydrogens (primary N) is 1. The normalized spacial score (nSPS) is 16.3. The predicted octanol–water partition coefficient (Wildman–Crippen LogP) is 3.10. The lowest BCUT2D eigenvalue weighted by Crippen LogP contribution is -2.35. The van der Waals surface area contributed by atoms with Crippen molar-refractivity contribution >= 4 is 21.7 Å². The minimum absolute atomic E-state index is 0.323. The number of anilines is 1. The highest BCUT2D eigenvalue weighted by molar-refractivity contribution is 7.89. The molecule has 0 amide bonds. The molecule has 0 atom stereocenters. The second-order valence-electron chi connectivity index (χ2n) is 6.80. The van der Waals surface area contributed by atoms with Crippen LogP contribution < -0.4 is 11.1 Å². The molecule has 0 saturated carbocycles. The zero-order chi connectivity index (χ0) is 19.3. The van der Waals surface area contributed by atoms with Gasteiger partial charge in [-0.2, -0.15) is 4.31 Å². The van der Waals surface area contributed by atoms with Crippen molar-refractivity contribution in [3.63, 3.8) is 0 Å². The fourth-order valence-corrected chi connectivity index (χ4v) is 4.54. The van der Waals surface area contributed by atoms with Gasteiger partial charge in [-0.15, -0.1) is 0 Å². The van der Waals surface area contributed by atoms with Crippen molar-refractivity contribution in [3.8, 4) is 0 Å². The lowest BCUT2D eigenvalue weighted by molar-refractivity contribution is 0.346. The molecule has 144 valence electrons. The molecule has 0 aromatic heterocycles. The fourth-order valence-electron chi connectivity index (χ4n) is 3.02. The molecule has 0 aliphatic carbocycles. The fraction of sp³-hybridized carbons (Fsp3) is 0.350. The lowest BCUT2D eigenvalue weighted by Gasteiger charge is -2.25. The van der Waals surface area contributed by atoms with Gasteiger partial charge < -0.3 is 11.1 Å². The number of piperidine rings is 1. The average molecular weight is 387 g/mol. The molecule has 2 aromatic carbocycles. The van der Waals surface area contributed by atoms with Gasteiger partial charge in [-0.05, 0) is 49.6 Å². The van der Waals surface area contributed by atoms with Crippen LogP contribution in [0.3, 0.4) is 0 Å². The third-order valence-corrected chi connectivity index (χ3v) is 6.54. The molecule has 0 radical (unpaired) electrons. The van der Waals surface area contributed by atoms with Crippen molar-refractivity contribution in [2.45, 2.75) is 37.6 Å². The zero-order valence-electron chi connectivity index (χ0n) is 15.6. The van der Waals surface area contributed by atoms with Gasteiger partial charge in [-0.1, -0.05) is 36.2 Å². The van der Waals surface area contributed by atoms with E-state index in [0.717, 1.165) is 30.5 Å². The van der Waals surface area contributed by atoms with Gasteiger partial charge in [0.25, 0.3) is 0 Å². The van der Waals surface area contributed by atoms with Crippen molar-refractivity contribution in [2.75, 3.05) is 18.4 Å². The molecule has 0 unspecified atom stereocenters. The summed E-state index contributed by atoms with van der Waals surface area (Å²) in [4.78, 5) is 4.65. The monoisotopic (exact) mass is 386 g/mol. The van der Waals surface area contributed by atoms with E-state index in [9.17, 15) is 8.42 Å². The third-order valence-electron chi connectivity index (χ3n) is 4.63. The molecular weight excluding hydrogens is 360 g/mol. The van der Waals surface area contributed by atoms with Crippen LogP contribution >= 0.6 is 0 Å². The Balaban J connectivity index is 1.62. The molecule has 1 aliphatic rings. The third kappa shape index (κ3) is 5.08. The first-order chi connectivity index (χ1) is 12.9. The van der Waals surface area contributed by atoms with Crippen LogP contribution in [0.15, 0.2) is 58.4 Å². The van der Waals surface area contributed by atoms with Crippen LogP contribution in [0.2, 0.25) is 0 Å². The average Bonchev–Trinajstić information content (AvgIpc) is 2.69. The Bertz CT molecular complexity index is 885. The first-order valence-electron chi connectivity index (χ1n) is 9.18. The highest BCUT2D eigenvalue weighted by atomic mass is 32.2. The van der Waals surface area contributed by atoms with Gasteiger partial charge >= 0.3 is 0 Å². The van der Waals surface area contributed by atoms with Crippen molar-refractivity contribution < 1.29 is 8.42 Å². The van der Waals surface area contributed by atoms with E-state index < -0.39 is 10.0 Å². The van der Waals surface area contributed by atoms with Crippen molar-refractivity contribution in [3.05, 3.63) is 59.7 Å². The summed E-state index contributed by atoms with van der Waals surface area (Å²) in [6.07, 6.45) is 2.96. The van der Waals surface area contributed by atoms with E-state index in [1.807, 2.05) is 31.2 Å². The van der Waals surface area contributed by atoms with Gasteiger partial charge in [0.2, 0.25) is 10.0 Å². The van der Waals surface area contributed by atoms with E-state index in [-0.39, 0.29) is 0 Å². The van der Waals surface area contributed by atoms with Crippen LogP contribution in [-0.4, -0.2) is 31.8 Å². The van der Waals surface area contributed by atoms with E-state index in [1.54, 1.807) is 28.6 Å². The van der Waals surface area contributed by atoms with Crippen LogP contribution in [0, 0.1) is 6.92 Å². The first kappa shape index (κ1) is 19.4. The number of hydrogen-bond donors (Lipinski definition) is 2. The van der Waals surface area contributed by atoms with E-state index in [4.69, 9.17) is 5.73 Å². The first-order valence-corrected chi connectivity index (χ1v) is 10.6. The minimum atomic E-state index is -3.39. The van der Waals surface area contributed by atoms with Gasteiger partial charge in [0.1, 0.15) is 0 Å². The number of nitrogens with zero attached hydrogens (tertiary/aromatic N) is 2. The summed E-state index contributed by atoms with van der Waals surface area (Å²) in [6, 6.07) is 14.8. The topological polar surface area (TPSA) is 87.8 Å². The number of hydrogen-bond acceptors (Lipinski definition) is 3. The van der Waals surface area contributed by atoms with E-state index in [1.165, 1.54) is 5.56 Å². The number of aryl methyl sites for hydroxylation is 1. The number of aliphatic imine (C=N–C) groups is 1. The Morgan fingerprint density at radius 2 is 1.67 bits per heavy atom. The molecule has 1 saturated heterocycles. The molecule has 0 spiro atoms. The molecule has 7 heteroatoms.